The van der Waals surface area contributed by atoms with E-state index in [1.54, 1.807) is 0 Å². The smallest absolute Gasteiger partial charge is 0.321 e. The van der Waals surface area contributed by atoms with Crippen molar-refractivity contribution in [2.45, 2.75) is 24.6 Å². The second-order valence-electron chi connectivity index (χ2n) is 7.55. The highest BCUT2D eigenvalue weighted by Crippen LogP contribution is 2.44. The van der Waals surface area contributed by atoms with E-state index in [2.05, 4.69) is 21.2 Å². The molecular weight excluding hydrogens is 450 g/mol. The second kappa shape index (κ2) is 8.40. The Bertz CT molecular complexity index is 911. The van der Waals surface area contributed by atoms with Gasteiger partial charge in [-0.1, -0.05) is 39.7 Å². The van der Waals surface area contributed by atoms with Gasteiger partial charge < -0.3 is 15.1 Å². The van der Waals surface area contributed by atoms with Crippen molar-refractivity contribution in [2.75, 3.05) is 30.7 Å². The highest BCUT2D eigenvalue weighted by Gasteiger charge is 2.47. The Labute approximate surface area is 184 Å². The number of hydrogen-bond donors (Lipinski definition) is 1. The number of thioether (sulfide) groups is 1. The summed E-state index contributed by atoms with van der Waals surface area (Å²) in [6, 6.07) is 15.3. The molecule has 2 aliphatic heterocycles. The summed E-state index contributed by atoms with van der Waals surface area (Å²) in [5, 5.41) is 2.98. The largest absolute Gasteiger partial charge is 0.324 e. The Morgan fingerprint density at radius 3 is 2.48 bits per heavy atom. The molecule has 0 aliphatic carbocycles. The molecule has 2 aliphatic rings. The van der Waals surface area contributed by atoms with Crippen LogP contribution in [0.15, 0.2) is 53.0 Å². The van der Waals surface area contributed by atoms with Crippen molar-refractivity contribution in [3.63, 3.8) is 0 Å². The van der Waals surface area contributed by atoms with Gasteiger partial charge in [0.1, 0.15) is 0 Å². The highest BCUT2D eigenvalue weighted by molar-refractivity contribution is 9.10. The van der Waals surface area contributed by atoms with Crippen LogP contribution < -0.4 is 5.32 Å². The molecule has 2 fully saturated rings. The fourth-order valence-electron chi connectivity index (χ4n) is 3.99. The summed E-state index contributed by atoms with van der Waals surface area (Å²) in [6.07, 6.45) is 1.58. The lowest BCUT2D eigenvalue weighted by Crippen LogP contribution is -2.54. The lowest BCUT2D eigenvalue weighted by molar-refractivity contribution is 0.0585. The van der Waals surface area contributed by atoms with Gasteiger partial charge in [-0.05, 0) is 50.1 Å². The van der Waals surface area contributed by atoms with Gasteiger partial charge in [-0.15, -0.1) is 11.8 Å². The van der Waals surface area contributed by atoms with Crippen LogP contribution in [-0.4, -0.2) is 52.0 Å². The average molecular weight is 474 g/mol. The number of nitrogens with zero attached hydrogens (tertiary/aromatic N) is 2. The number of carbonyl (C=O) groups excluding carboxylic acids is 2. The van der Waals surface area contributed by atoms with Crippen molar-refractivity contribution in [3.05, 3.63) is 64.1 Å². The summed E-state index contributed by atoms with van der Waals surface area (Å²) in [7, 11) is 0. The minimum atomic E-state index is -0.208. The van der Waals surface area contributed by atoms with Crippen LogP contribution >= 0.6 is 27.7 Å². The molecular formula is C22H24BrN3O2S. The van der Waals surface area contributed by atoms with Gasteiger partial charge in [-0.2, -0.15) is 0 Å². The van der Waals surface area contributed by atoms with Gasteiger partial charge in [0.15, 0.2) is 0 Å². The Morgan fingerprint density at radius 2 is 1.79 bits per heavy atom. The number of halogens is 1. The third-order valence-corrected chi connectivity index (χ3v) is 7.67. The third kappa shape index (κ3) is 4.31. The molecule has 0 aromatic heterocycles. The van der Waals surface area contributed by atoms with Crippen LogP contribution in [0.5, 0.6) is 0 Å². The Morgan fingerprint density at radius 1 is 1.07 bits per heavy atom. The molecule has 0 saturated carbocycles. The summed E-state index contributed by atoms with van der Waals surface area (Å²) in [4.78, 5) is 29.5. The van der Waals surface area contributed by atoms with Gasteiger partial charge in [0.2, 0.25) is 0 Å². The predicted octanol–water partition coefficient (Wildman–Crippen LogP) is 4.97. The lowest BCUT2D eigenvalue weighted by Gasteiger charge is -2.44. The van der Waals surface area contributed by atoms with E-state index in [1.807, 2.05) is 77.0 Å². The molecule has 0 unspecified atom stereocenters. The lowest BCUT2D eigenvalue weighted by atomic mass is 10.0. The van der Waals surface area contributed by atoms with Gasteiger partial charge in [0.25, 0.3) is 5.91 Å². The standard InChI is InChI=1S/C22H24BrN3O2S/c1-16-5-7-19(8-6-16)24-21(28)25-11-9-22(10-12-25)26(13-14-29-22)20(27)17-3-2-4-18(23)15-17/h2-8,15H,9-14H2,1H3,(H,24,28). The first kappa shape index (κ1) is 20.3. The number of rotatable bonds is 2. The molecule has 2 aromatic carbocycles. The van der Waals surface area contributed by atoms with E-state index in [1.165, 1.54) is 0 Å². The van der Waals surface area contributed by atoms with Crippen molar-refractivity contribution >= 4 is 45.3 Å². The Hall–Kier alpha value is -1.99. The van der Waals surface area contributed by atoms with Gasteiger partial charge in [0.05, 0.1) is 4.87 Å². The number of anilines is 1. The van der Waals surface area contributed by atoms with Crippen molar-refractivity contribution < 1.29 is 9.59 Å². The van der Waals surface area contributed by atoms with Crippen LogP contribution in [0, 0.1) is 6.92 Å². The average Bonchev–Trinajstić information content (AvgIpc) is 3.12. The fourth-order valence-corrected chi connectivity index (χ4v) is 5.84. The minimum Gasteiger partial charge on any atom is -0.324 e. The molecule has 0 atom stereocenters. The fraction of sp³-hybridized carbons (Fsp3) is 0.364. The van der Waals surface area contributed by atoms with E-state index >= 15 is 0 Å². The number of hydrogen-bond acceptors (Lipinski definition) is 3. The minimum absolute atomic E-state index is 0.0726. The maximum absolute atomic E-state index is 13.2. The number of amides is 3. The van der Waals surface area contributed by atoms with E-state index in [-0.39, 0.29) is 16.8 Å². The molecule has 1 spiro atoms. The van der Waals surface area contributed by atoms with Gasteiger partial charge in [-0.3, -0.25) is 4.79 Å². The molecule has 0 bridgehead atoms. The normalized spacial score (nSPS) is 18.1. The first-order valence-corrected chi connectivity index (χ1v) is 11.6. The van der Waals surface area contributed by atoms with Crippen molar-refractivity contribution in [2.24, 2.45) is 0 Å². The Kier molecular flexibility index (Phi) is 5.88. The zero-order valence-corrected chi connectivity index (χ0v) is 18.8. The number of piperidine rings is 1. The molecule has 7 heteroatoms. The van der Waals surface area contributed by atoms with Crippen LogP contribution in [0.2, 0.25) is 0 Å². The third-order valence-electron chi connectivity index (χ3n) is 5.63. The van der Waals surface area contributed by atoms with Crippen LogP contribution in [0.4, 0.5) is 10.5 Å². The van der Waals surface area contributed by atoms with Crippen LogP contribution in [0.1, 0.15) is 28.8 Å². The molecule has 2 saturated heterocycles. The summed E-state index contributed by atoms with van der Waals surface area (Å²) in [6.45, 7) is 4.07. The second-order valence-corrected chi connectivity index (χ2v) is 9.92. The molecule has 152 valence electrons. The van der Waals surface area contributed by atoms with Crippen LogP contribution in [0.3, 0.4) is 0 Å². The zero-order chi connectivity index (χ0) is 20.4. The monoisotopic (exact) mass is 473 g/mol. The SMILES string of the molecule is Cc1ccc(NC(=O)N2CCC3(CC2)SCCN3C(=O)c2cccc(Br)c2)cc1. The van der Waals surface area contributed by atoms with E-state index in [9.17, 15) is 9.59 Å². The maximum atomic E-state index is 13.2. The number of urea groups is 1. The van der Waals surface area contributed by atoms with Gasteiger partial charge in [-0.25, -0.2) is 4.79 Å². The molecule has 5 nitrogen and oxygen atoms in total. The molecule has 1 N–H and O–H groups in total. The number of aryl methyl sites for hydroxylation is 1. The molecule has 29 heavy (non-hydrogen) atoms. The van der Waals surface area contributed by atoms with Gasteiger partial charge >= 0.3 is 6.03 Å². The van der Waals surface area contributed by atoms with Crippen LogP contribution in [-0.2, 0) is 0 Å². The summed E-state index contributed by atoms with van der Waals surface area (Å²) in [5.74, 6) is 1.02. The van der Waals surface area contributed by atoms with E-state index < -0.39 is 0 Å². The zero-order valence-electron chi connectivity index (χ0n) is 16.4. The summed E-state index contributed by atoms with van der Waals surface area (Å²) >= 11 is 5.31. The van der Waals surface area contributed by atoms with E-state index in [4.69, 9.17) is 0 Å². The number of benzene rings is 2. The van der Waals surface area contributed by atoms with Crippen LogP contribution in [0.25, 0.3) is 0 Å². The predicted molar refractivity (Wildman–Crippen MR) is 121 cm³/mol. The molecule has 0 radical (unpaired) electrons. The van der Waals surface area contributed by atoms with Crippen molar-refractivity contribution in [1.82, 2.24) is 9.80 Å². The van der Waals surface area contributed by atoms with E-state index in [0.29, 0.717) is 18.7 Å². The summed E-state index contributed by atoms with van der Waals surface area (Å²) < 4.78 is 0.909. The van der Waals surface area contributed by atoms with Crippen molar-refractivity contribution in [3.8, 4) is 0 Å². The first-order chi connectivity index (χ1) is 14.0. The van der Waals surface area contributed by atoms with Crippen molar-refractivity contribution in [1.29, 1.82) is 0 Å². The molecule has 2 aromatic rings. The molecule has 4 rings (SSSR count). The number of nitrogens with one attached hydrogen (secondary N) is 1. The first-order valence-electron chi connectivity index (χ1n) is 9.81. The van der Waals surface area contributed by atoms with Gasteiger partial charge in [0, 0.05) is 41.1 Å². The number of carbonyl (C=O) groups is 2. The molecule has 2 heterocycles. The van der Waals surface area contributed by atoms with E-state index in [0.717, 1.165) is 40.9 Å². The molecule has 3 amide bonds. The summed E-state index contributed by atoms with van der Waals surface area (Å²) in [5.41, 5.74) is 2.68. The quantitative estimate of drug-likeness (QED) is 0.669. The maximum Gasteiger partial charge on any atom is 0.321 e. The highest BCUT2D eigenvalue weighted by atomic mass is 79.9. The topological polar surface area (TPSA) is 52.7 Å². The number of likely N-dealkylation sites (tertiary alicyclic amines) is 1. The Balaban J connectivity index is 1.41.